The molecule has 0 saturated carbocycles. The van der Waals surface area contributed by atoms with Crippen molar-refractivity contribution in [3.05, 3.63) is 57.2 Å². The van der Waals surface area contributed by atoms with Gasteiger partial charge in [0, 0.05) is 18.0 Å². The summed E-state index contributed by atoms with van der Waals surface area (Å²) in [5.74, 6) is 0.516. The number of para-hydroxylation sites is 1. The highest BCUT2D eigenvalue weighted by Gasteiger charge is 2.14. The number of nitro groups is 1. The predicted molar refractivity (Wildman–Crippen MR) is 76.3 cm³/mol. The lowest BCUT2D eigenvalue weighted by Gasteiger charge is -2.05. The zero-order valence-electron chi connectivity index (χ0n) is 9.75. The van der Waals surface area contributed by atoms with Crippen LogP contribution in [0.1, 0.15) is 5.56 Å². The number of nitro benzene ring substituents is 1. The van der Waals surface area contributed by atoms with Crippen LogP contribution in [-0.2, 0) is 5.75 Å². The van der Waals surface area contributed by atoms with Crippen LogP contribution in [0.3, 0.4) is 0 Å². The molecule has 0 amide bonds. The summed E-state index contributed by atoms with van der Waals surface area (Å²) in [4.78, 5) is 14.4. The van der Waals surface area contributed by atoms with E-state index in [9.17, 15) is 10.1 Å². The average Bonchev–Trinajstić information content (AvgIpc) is 2.39. The van der Waals surface area contributed by atoms with Gasteiger partial charge in [-0.3, -0.25) is 10.1 Å². The van der Waals surface area contributed by atoms with Crippen molar-refractivity contribution in [2.24, 2.45) is 0 Å². The smallest absolute Gasteiger partial charge is 0.292 e. The SMILES string of the molecule is Nc1c(CSc2ccc(Cl)cn2)cccc1[N+](=O)[O-]. The molecule has 19 heavy (non-hydrogen) atoms. The Hall–Kier alpha value is -1.79. The first-order chi connectivity index (χ1) is 9.08. The molecule has 0 aliphatic carbocycles. The molecule has 0 unspecified atom stereocenters. The molecule has 1 aromatic heterocycles. The Labute approximate surface area is 118 Å². The largest absolute Gasteiger partial charge is 0.393 e. The first-order valence-corrected chi connectivity index (χ1v) is 6.70. The molecular formula is C12H10ClN3O2S. The van der Waals surface area contributed by atoms with Gasteiger partial charge in [0.1, 0.15) is 5.69 Å². The Kier molecular flexibility index (Phi) is 4.24. The van der Waals surface area contributed by atoms with Gasteiger partial charge in [0.2, 0.25) is 0 Å². The molecule has 0 saturated heterocycles. The van der Waals surface area contributed by atoms with Crippen LogP contribution in [0.2, 0.25) is 5.02 Å². The number of nitrogens with two attached hydrogens (primary N) is 1. The van der Waals surface area contributed by atoms with Gasteiger partial charge in [0.05, 0.1) is 15.0 Å². The number of aromatic nitrogens is 1. The van der Waals surface area contributed by atoms with E-state index in [0.29, 0.717) is 10.8 Å². The van der Waals surface area contributed by atoms with Gasteiger partial charge in [-0.15, -0.1) is 11.8 Å². The third-order valence-corrected chi connectivity index (χ3v) is 3.66. The van der Waals surface area contributed by atoms with Crippen molar-refractivity contribution in [1.82, 2.24) is 4.98 Å². The molecule has 0 radical (unpaired) electrons. The number of pyridine rings is 1. The van der Waals surface area contributed by atoms with Crippen molar-refractivity contribution in [3.8, 4) is 0 Å². The van der Waals surface area contributed by atoms with Gasteiger partial charge in [0.25, 0.3) is 5.69 Å². The molecule has 2 aromatic rings. The molecule has 1 heterocycles. The quantitative estimate of drug-likeness (QED) is 0.404. The normalized spacial score (nSPS) is 10.4. The molecule has 0 atom stereocenters. The molecule has 7 heteroatoms. The number of anilines is 1. The Morgan fingerprint density at radius 3 is 2.79 bits per heavy atom. The molecule has 1 aromatic carbocycles. The topological polar surface area (TPSA) is 82.0 Å². The van der Waals surface area contributed by atoms with Crippen molar-refractivity contribution in [2.75, 3.05) is 5.73 Å². The van der Waals surface area contributed by atoms with Crippen LogP contribution in [0.5, 0.6) is 0 Å². The van der Waals surface area contributed by atoms with E-state index in [1.165, 1.54) is 17.8 Å². The second-order valence-corrected chi connectivity index (χ2v) is 5.14. The summed E-state index contributed by atoms with van der Waals surface area (Å²) >= 11 is 7.19. The zero-order chi connectivity index (χ0) is 13.8. The fraction of sp³-hybridized carbons (Fsp3) is 0.0833. The van der Waals surface area contributed by atoms with Gasteiger partial charge in [-0.25, -0.2) is 4.98 Å². The summed E-state index contributed by atoms with van der Waals surface area (Å²) in [5.41, 5.74) is 6.63. The Bertz CT molecular complexity index is 604. The zero-order valence-corrected chi connectivity index (χ0v) is 11.3. The molecule has 98 valence electrons. The number of hydrogen-bond acceptors (Lipinski definition) is 5. The van der Waals surface area contributed by atoms with E-state index < -0.39 is 4.92 Å². The Morgan fingerprint density at radius 1 is 1.37 bits per heavy atom. The monoisotopic (exact) mass is 295 g/mol. The molecule has 0 aliphatic heterocycles. The number of nitrogens with zero attached hydrogens (tertiary/aromatic N) is 2. The highest BCUT2D eigenvalue weighted by Crippen LogP contribution is 2.30. The summed E-state index contributed by atoms with van der Waals surface area (Å²) in [6, 6.07) is 8.32. The van der Waals surface area contributed by atoms with E-state index in [2.05, 4.69) is 4.98 Å². The van der Waals surface area contributed by atoms with Crippen LogP contribution >= 0.6 is 23.4 Å². The van der Waals surface area contributed by atoms with Gasteiger partial charge in [-0.1, -0.05) is 23.7 Å². The van der Waals surface area contributed by atoms with Crippen molar-refractivity contribution >= 4 is 34.7 Å². The van der Waals surface area contributed by atoms with Gasteiger partial charge in [-0.05, 0) is 17.7 Å². The van der Waals surface area contributed by atoms with E-state index in [1.807, 2.05) is 0 Å². The lowest BCUT2D eigenvalue weighted by Crippen LogP contribution is -1.99. The maximum absolute atomic E-state index is 10.8. The maximum Gasteiger partial charge on any atom is 0.292 e. The first-order valence-electron chi connectivity index (χ1n) is 5.34. The minimum absolute atomic E-state index is 0.0674. The molecular weight excluding hydrogens is 286 g/mol. The molecule has 0 bridgehead atoms. The molecule has 5 nitrogen and oxygen atoms in total. The summed E-state index contributed by atoms with van der Waals surface area (Å²) in [6.45, 7) is 0. The van der Waals surface area contributed by atoms with Crippen LogP contribution in [0.4, 0.5) is 11.4 Å². The number of nitrogen functional groups attached to an aromatic ring is 1. The van der Waals surface area contributed by atoms with Crippen molar-refractivity contribution in [3.63, 3.8) is 0 Å². The first kappa shape index (κ1) is 13.6. The summed E-state index contributed by atoms with van der Waals surface area (Å²) in [6.07, 6.45) is 1.56. The van der Waals surface area contributed by atoms with E-state index in [0.717, 1.165) is 10.6 Å². The number of rotatable bonds is 4. The van der Waals surface area contributed by atoms with Crippen molar-refractivity contribution < 1.29 is 4.92 Å². The Morgan fingerprint density at radius 2 is 2.16 bits per heavy atom. The van der Waals surface area contributed by atoms with Crippen LogP contribution in [0.15, 0.2) is 41.6 Å². The van der Waals surface area contributed by atoms with Gasteiger partial charge in [-0.2, -0.15) is 0 Å². The van der Waals surface area contributed by atoms with Gasteiger partial charge in [0.15, 0.2) is 0 Å². The lowest BCUT2D eigenvalue weighted by atomic mass is 10.2. The molecule has 2 rings (SSSR count). The highest BCUT2D eigenvalue weighted by atomic mass is 35.5. The summed E-state index contributed by atoms with van der Waals surface area (Å²) < 4.78 is 0. The van der Waals surface area contributed by atoms with Crippen LogP contribution in [0, 0.1) is 10.1 Å². The van der Waals surface area contributed by atoms with Gasteiger partial charge < -0.3 is 5.73 Å². The molecule has 0 fully saturated rings. The molecule has 2 N–H and O–H groups in total. The summed E-state index contributed by atoms with van der Waals surface area (Å²) in [7, 11) is 0. The summed E-state index contributed by atoms with van der Waals surface area (Å²) in [5, 5.41) is 12.1. The van der Waals surface area contributed by atoms with Crippen LogP contribution in [-0.4, -0.2) is 9.91 Å². The van der Waals surface area contributed by atoms with E-state index in [4.69, 9.17) is 17.3 Å². The molecule has 0 aliphatic rings. The third kappa shape index (κ3) is 3.36. The van der Waals surface area contributed by atoms with Gasteiger partial charge >= 0.3 is 0 Å². The lowest BCUT2D eigenvalue weighted by molar-refractivity contribution is -0.383. The fourth-order valence-electron chi connectivity index (χ4n) is 1.48. The second kappa shape index (κ2) is 5.90. The van der Waals surface area contributed by atoms with Crippen molar-refractivity contribution in [1.29, 1.82) is 0 Å². The average molecular weight is 296 g/mol. The molecule has 0 spiro atoms. The minimum Gasteiger partial charge on any atom is -0.393 e. The minimum atomic E-state index is -0.482. The van der Waals surface area contributed by atoms with Crippen LogP contribution in [0.25, 0.3) is 0 Å². The number of thioether (sulfide) groups is 1. The third-order valence-electron chi connectivity index (χ3n) is 2.45. The number of hydrogen-bond donors (Lipinski definition) is 1. The highest BCUT2D eigenvalue weighted by molar-refractivity contribution is 7.98. The predicted octanol–water partition coefficient (Wildman–Crippen LogP) is 3.52. The number of halogens is 1. The van der Waals surface area contributed by atoms with Crippen molar-refractivity contribution in [2.45, 2.75) is 10.8 Å². The maximum atomic E-state index is 10.8. The fourth-order valence-corrected chi connectivity index (χ4v) is 2.44. The van der Waals surface area contributed by atoms with Crippen LogP contribution < -0.4 is 5.73 Å². The second-order valence-electron chi connectivity index (χ2n) is 3.71. The standard InChI is InChI=1S/C12H10ClN3O2S/c13-9-4-5-11(15-6-9)19-7-8-2-1-3-10(12(8)14)16(17)18/h1-6H,7,14H2. The Balaban J connectivity index is 2.13. The van der Waals surface area contributed by atoms with E-state index in [-0.39, 0.29) is 11.4 Å². The van der Waals surface area contributed by atoms with E-state index >= 15 is 0 Å². The number of benzene rings is 1. The van der Waals surface area contributed by atoms with E-state index in [1.54, 1.807) is 30.5 Å².